The van der Waals surface area contributed by atoms with Gasteiger partial charge in [0.2, 0.25) is 0 Å². The molecule has 4 nitrogen and oxygen atoms in total. The summed E-state index contributed by atoms with van der Waals surface area (Å²) in [7, 11) is 0. The summed E-state index contributed by atoms with van der Waals surface area (Å²) in [6, 6.07) is 7.47. The van der Waals surface area contributed by atoms with Crippen molar-refractivity contribution in [1.82, 2.24) is 9.88 Å². The van der Waals surface area contributed by atoms with Crippen LogP contribution < -0.4 is 0 Å². The van der Waals surface area contributed by atoms with Crippen molar-refractivity contribution in [1.29, 1.82) is 0 Å². The number of aromatic amines is 1. The molecule has 1 N–H and O–H groups in total. The molecular formula is C15H10ClFN2O2S. The van der Waals surface area contributed by atoms with Gasteiger partial charge in [0, 0.05) is 16.9 Å². The highest BCUT2D eigenvalue weighted by Crippen LogP contribution is 2.34. The highest BCUT2D eigenvalue weighted by Gasteiger charge is 2.35. The number of amides is 2. The molecular weight excluding hydrogens is 327 g/mol. The first kappa shape index (κ1) is 14.9. The van der Waals surface area contributed by atoms with Gasteiger partial charge in [-0.05, 0) is 47.7 Å². The third-order valence-electron chi connectivity index (χ3n) is 3.13. The van der Waals surface area contributed by atoms with E-state index < -0.39 is 5.82 Å². The van der Waals surface area contributed by atoms with Gasteiger partial charge in [0.25, 0.3) is 11.1 Å². The lowest BCUT2D eigenvalue weighted by Crippen LogP contribution is -2.27. The second-order valence-electron chi connectivity index (χ2n) is 4.63. The zero-order valence-electron chi connectivity index (χ0n) is 11.2. The van der Waals surface area contributed by atoms with Gasteiger partial charge in [0.15, 0.2) is 0 Å². The maximum atomic E-state index is 13.0. The molecule has 0 unspecified atom stereocenters. The first-order valence-corrected chi connectivity index (χ1v) is 7.57. The van der Waals surface area contributed by atoms with Crippen molar-refractivity contribution >= 4 is 40.6 Å². The minimum atomic E-state index is -0.463. The topological polar surface area (TPSA) is 53.2 Å². The first-order valence-electron chi connectivity index (χ1n) is 6.37. The van der Waals surface area contributed by atoms with Gasteiger partial charge in [-0.1, -0.05) is 17.7 Å². The van der Waals surface area contributed by atoms with E-state index >= 15 is 0 Å². The molecule has 2 amide bonds. The normalized spacial score (nSPS) is 16.8. The zero-order chi connectivity index (χ0) is 15.7. The van der Waals surface area contributed by atoms with E-state index in [0.29, 0.717) is 10.5 Å². The summed E-state index contributed by atoms with van der Waals surface area (Å²) in [5, 5.41) is -0.185. The SMILES string of the molecule is O=C1S/C(=C\c2ccc[nH]2)C(=O)N1Cc1ccc(F)cc1Cl. The van der Waals surface area contributed by atoms with Crippen molar-refractivity contribution < 1.29 is 14.0 Å². The number of rotatable bonds is 3. The van der Waals surface area contributed by atoms with Gasteiger partial charge >= 0.3 is 0 Å². The first-order chi connectivity index (χ1) is 10.5. The monoisotopic (exact) mass is 336 g/mol. The second kappa shape index (κ2) is 5.98. The van der Waals surface area contributed by atoms with Crippen LogP contribution in [0.25, 0.3) is 6.08 Å². The Labute approximate surface area is 135 Å². The van der Waals surface area contributed by atoms with Crippen LogP contribution >= 0.6 is 23.4 Å². The summed E-state index contributed by atoms with van der Waals surface area (Å²) in [6.07, 6.45) is 3.35. The summed E-state index contributed by atoms with van der Waals surface area (Å²) in [5.74, 6) is -0.848. The molecule has 0 radical (unpaired) electrons. The fourth-order valence-electron chi connectivity index (χ4n) is 2.03. The highest BCUT2D eigenvalue weighted by molar-refractivity contribution is 8.18. The number of hydrogen-bond donors (Lipinski definition) is 1. The molecule has 3 rings (SSSR count). The van der Waals surface area contributed by atoms with Gasteiger partial charge in [-0.25, -0.2) is 4.39 Å². The smallest absolute Gasteiger partial charge is 0.293 e. The minimum absolute atomic E-state index is 0.0197. The van der Waals surface area contributed by atoms with E-state index in [4.69, 9.17) is 11.6 Å². The van der Waals surface area contributed by atoms with Gasteiger partial charge in [-0.15, -0.1) is 0 Å². The van der Waals surface area contributed by atoms with Gasteiger partial charge < -0.3 is 4.98 Å². The second-order valence-corrected chi connectivity index (χ2v) is 6.03. The lowest BCUT2D eigenvalue weighted by atomic mass is 10.2. The maximum Gasteiger partial charge on any atom is 0.293 e. The van der Waals surface area contributed by atoms with Crippen LogP contribution in [-0.2, 0) is 11.3 Å². The number of benzene rings is 1. The Kier molecular flexibility index (Phi) is 4.04. The largest absolute Gasteiger partial charge is 0.362 e. The van der Waals surface area contributed by atoms with E-state index in [-0.39, 0.29) is 22.7 Å². The Morgan fingerprint density at radius 3 is 2.82 bits per heavy atom. The molecule has 0 aliphatic carbocycles. The number of hydrogen-bond acceptors (Lipinski definition) is 3. The third kappa shape index (κ3) is 2.93. The lowest BCUT2D eigenvalue weighted by Gasteiger charge is -2.13. The Bertz CT molecular complexity index is 774. The molecule has 0 spiro atoms. The third-order valence-corrected chi connectivity index (χ3v) is 4.39. The average Bonchev–Trinajstić information content (AvgIpc) is 3.06. The summed E-state index contributed by atoms with van der Waals surface area (Å²) in [5.41, 5.74) is 1.26. The van der Waals surface area contributed by atoms with E-state index in [9.17, 15) is 14.0 Å². The Morgan fingerprint density at radius 2 is 2.14 bits per heavy atom. The predicted octanol–water partition coefficient (Wildman–Crippen LogP) is 4.04. The lowest BCUT2D eigenvalue weighted by molar-refractivity contribution is -0.123. The maximum absolute atomic E-state index is 13.0. The highest BCUT2D eigenvalue weighted by atomic mass is 35.5. The molecule has 0 saturated carbocycles. The Morgan fingerprint density at radius 1 is 1.32 bits per heavy atom. The Hall–Kier alpha value is -2.05. The molecule has 7 heteroatoms. The van der Waals surface area contributed by atoms with Gasteiger partial charge in [0.1, 0.15) is 5.82 Å². The van der Waals surface area contributed by atoms with Crippen molar-refractivity contribution in [2.45, 2.75) is 6.54 Å². The number of halogens is 2. The van der Waals surface area contributed by atoms with Crippen LogP contribution in [-0.4, -0.2) is 21.0 Å². The number of carbonyl (C=O) groups excluding carboxylic acids is 2. The number of thioether (sulfide) groups is 1. The van der Waals surface area contributed by atoms with Crippen LogP contribution in [0.3, 0.4) is 0 Å². The molecule has 2 aromatic rings. The van der Waals surface area contributed by atoms with E-state index in [1.807, 2.05) is 0 Å². The van der Waals surface area contributed by atoms with Crippen LogP contribution in [0.1, 0.15) is 11.3 Å². The van der Waals surface area contributed by atoms with E-state index in [2.05, 4.69) is 4.98 Å². The van der Waals surface area contributed by atoms with Crippen molar-refractivity contribution in [2.24, 2.45) is 0 Å². The molecule has 1 aromatic heterocycles. The number of aromatic nitrogens is 1. The molecule has 0 bridgehead atoms. The van der Waals surface area contributed by atoms with Crippen molar-refractivity contribution in [3.05, 3.63) is 63.5 Å². The molecule has 1 saturated heterocycles. The van der Waals surface area contributed by atoms with Crippen LogP contribution in [0, 0.1) is 5.82 Å². The summed E-state index contributed by atoms with van der Waals surface area (Å²) in [6.45, 7) is 0.0197. The average molecular weight is 337 g/mol. The number of H-pyrrole nitrogens is 1. The van der Waals surface area contributed by atoms with Crippen LogP contribution in [0.2, 0.25) is 5.02 Å². The minimum Gasteiger partial charge on any atom is -0.362 e. The molecule has 1 aliphatic rings. The molecule has 1 aliphatic heterocycles. The number of nitrogens with zero attached hydrogens (tertiary/aromatic N) is 1. The standard InChI is InChI=1S/C15H10ClFN2O2S/c16-12-6-10(17)4-3-9(12)8-19-14(20)13(22-15(19)21)7-11-2-1-5-18-11/h1-7,18H,8H2/b13-7-. The van der Waals surface area contributed by atoms with Gasteiger partial charge in [0.05, 0.1) is 11.4 Å². The number of carbonyl (C=O) groups is 2. The molecule has 1 aromatic carbocycles. The number of imide groups is 1. The van der Waals surface area contributed by atoms with E-state index in [0.717, 1.165) is 28.4 Å². The van der Waals surface area contributed by atoms with Crippen LogP contribution in [0.15, 0.2) is 41.4 Å². The van der Waals surface area contributed by atoms with Gasteiger partial charge in [-0.2, -0.15) is 0 Å². The zero-order valence-corrected chi connectivity index (χ0v) is 12.7. The number of nitrogens with one attached hydrogen (secondary N) is 1. The summed E-state index contributed by atoms with van der Waals surface area (Å²) < 4.78 is 13.0. The van der Waals surface area contributed by atoms with Crippen LogP contribution in [0.5, 0.6) is 0 Å². The molecule has 1 fully saturated rings. The van der Waals surface area contributed by atoms with Crippen molar-refractivity contribution in [3.8, 4) is 0 Å². The molecule has 2 heterocycles. The van der Waals surface area contributed by atoms with Crippen molar-refractivity contribution in [3.63, 3.8) is 0 Å². The van der Waals surface area contributed by atoms with Gasteiger partial charge in [-0.3, -0.25) is 14.5 Å². The Balaban J connectivity index is 1.83. The summed E-state index contributed by atoms with van der Waals surface area (Å²) >= 11 is 6.81. The van der Waals surface area contributed by atoms with Crippen LogP contribution in [0.4, 0.5) is 9.18 Å². The van der Waals surface area contributed by atoms with E-state index in [1.54, 1.807) is 24.4 Å². The fourth-order valence-corrected chi connectivity index (χ4v) is 3.09. The van der Waals surface area contributed by atoms with E-state index in [1.165, 1.54) is 12.1 Å². The molecule has 112 valence electrons. The molecule has 0 atom stereocenters. The molecule has 22 heavy (non-hydrogen) atoms. The summed E-state index contributed by atoms with van der Waals surface area (Å²) in [4.78, 5) is 28.7. The predicted molar refractivity (Wildman–Crippen MR) is 83.7 cm³/mol. The van der Waals surface area contributed by atoms with Crippen molar-refractivity contribution in [2.75, 3.05) is 0 Å². The fraction of sp³-hybridized carbons (Fsp3) is 0.0667. The quantitative estimate of drug-likeness (QED) is 0.860.